The van der Waals surface area contributed by atoms with Crippen molar-refractivity contribution in [2.24, 2.45) is 0 Å². The lowest BCUT2D eigenvalue weighted by atomic mass is 9.82. The quantitative estimate of drug-likeness (QED) is 0.822. The first-order valence-electron chi connectivity index (χ1n) is 9.15. The molecule has 2 fully saturated rings. The summed E-state index contributed by atoms with van der Waals surface area (Å²) in [5.74, 6) is 1.06. The molecular weight excluding hydrogens is 350 g/mol. The Hall–Kier alpha value is -1.70. The van der Waals surface area contributed by atoms with E-state index in [2.05, 4.69) is 16.8 Å². The van der Waals surface area contributed by atoms with Gasteiger partial charge in [0.1, 0.15) is 12.4 Å². The van der Waals surface area contributed by atoms with Crippen LogP contribution in [0.25, 0.3) is 0 Å². The molecule has 0 saturated carbocycles. The number of amides is 1. The highest BCUT2D eigenvalue weighted by Gasteiger charge is 2.48. The minimum Gasteiger partial charge on any atom is -0.468 e. The zero-order valence-electron chi connectivity index (χ0n) is 15.3. The molecule has 2 aliphatic heterocycles. The minimum absolute atomic E-state index is 0.0523. The molecule has 2 saturated heterocycles. The molecule has 2 aromatic rings. The molecular formula is C19H25N3O3S. The molecule has 2 aromatic heterocycles. The highest BCUT2D eigenvalue weighted by atomic mass is 32.1. The molecule has 0 aromatic carbocycles. The summed E-state index contributed by atoms with van der Waals surface area (Å²) in [6.45, 7) is 7.59. The largest absolute Gasteiger partial charge is 0.468 e. The third-order valence-electron chi connectivity index (χ3n) is 5.69. The van der Waals surface area contributed by atoms with E-state index in [0.717, 1.165) is 48.9 Å². The summed E-state index contributed by atoms with van der Waals surface area (Å²) in [6, 6.07) is 3.99. The Morgan fingerprint density at radius 3 is 2.81 bits per heavy atom. The van der Waals surface area contributed by atoms with Crippen LogP contribution in [0.4, 0.5) is 0 Å². The van der Waals surface area contributed by atoms with Crippen LogP contribution in [0.5, 0.6) is 0 Å². The van der Waals surface area contributed by atoms with E-state index in [-0.39, 0.29) is 24.2 Å². The lowest BCUT2D eigenvalue weighted by Gasteiger charge is -2.51. The molecule has 0 N–H and O–H groups in total. The van der Waals surface area contributed by atoms with E-state index in [0.29, 0.717) is 6.54 Å². The molecule has 7 heteroatoms. The first-order valence-corrected chi connectivity index (χ1v) is 10.0. The number of hydrogen-bond acceptors (Lipinski definition) is 6. The number of likely N-dealkylation sites (tertiary alicyclic amines) is 1. The summed E-state index contributed by atoms with van der Waals surface area (Å²) >= 11 is 1.63. The fourth-order valence-electron chi connectivity index (χ4n) is 4.06. The fraction of sp³-hybridized carbons (Fsp3) is 0.579. The Bertz CT molecular complexity index is 750. The average molecular weight is 375 g/mol. The monoisotopic (exact) mass is 375 g/mol. The van der Waals surface area contributed by atoms with Crippen LogP contribution in [0.15, 0.2) is 28.2 Å². The van der Waals surface area contributed by atoms with Crippen molar-refractivity contribution in [3.05, 3.63) is 40.2 Å². The molecule has 0 bridgehead atoms. The lowest BCUT2D eigenvalue weighted by Crippen LogP contribution is -2.63. The molecule has 2 aliphatic rings. The summed E-state index contributed by atoms with van der Waals surface area (Å²) in [5.41, 5.74) is 0.721. The predicted octanol–water partition coefficient (Wildman–Crippen LogP) is 2.83. The van der Waals surface area contributed by atoms with E-state index in [1.54, 1.807) is 17.6 Å². The van der Waals surface area contributed by atoms with Gasteiger partial charge in [0.2, 0.25) is 5.91 Å². The van der Waals surface area contributed by atoms with Gasteiger partial charge in [0.05, 0.1) is 41.7 Å². The van der Waals surface area contributed by atoms with Crippen LogP contribution < -0.4 is 0 Å². The third-order valence-corrected chi connectivity index (χ3v) is 6.52. The van der Waals surface area contributed by atoms with E-state index in [1.165, 1.54) is 0 Å². The standard InChI is InChI=1S/C19H25N3O3S/c1-14-19(5-7-21(8-6-19)11-17-4-3-9-24-17)25-12-18(23)22(14)10-16-13-26-15(2)20-16/h3-4,9,13-14H,5-8,10-12H2,1-2H3/t14-/m1/s1. The summed E-state index contributed by atoms with van der Waals surface area (Å²) < 4.78 is 11.6. The zero-order valence-corrected chi connectivity index (χ0v) is 16.1. The number of aryl methyl sites for hydroxylation is 1. The normalized spacial score (nSPS) is 23.7. The Balaban J connectivity index is 1.42. The maximum absolute atomic E-state index is 12.5. The third kappa shape index (κ3) is 3.43. The topological polar surface area (TPSA) is 58.8 Å². The lowest BCUT2D eigenvalue weighted by molar-refractivity contribution is -0.188. The Morgan fingerprint density at radius 1 is 1.35 bits per heavy atom. The van der Waals surface area contributed by atoms with Crippen molar-refractivity contribution in [1.82, 2.24) is 14.8 Å². The first-order chi connectivity index (χ1) is 12.6. The van der Waals surface area contributed by atoms with E-state index < -0.39 is 0 Å². The molecule has 4 heterocycles. The number of piperidine rings is 1. The van der Waals surface area contributed by atoms with Crippen molar-refractivity contribution in [2.45, 2.75) is 51.4 Å². The van der Waals surface area contributed by atoms with Gasteiger partial charge in [-0.3, -0.25) is 9.69 Å². The van der Waals surface area contributed by atoms with E-state index >= 15 is 0 Å². The van der Waals surface area contributed by atoms with Crippen LogP contribution in [0.1, 0.15) is 36.2 Å². The molecule has 0 unspecified atom stereocenters. The maximum atomic E-state index is 12.5. The molecule has 4 rings (SSSR count). The van der Waals surface area contributed by atoms with Crippen LogP contribution in [0.2, 0.25) is 0 Å². The number of furan rings is 1. The summed E-state index contributed by atoms with van der Waals surface area (Å²) in [5, 5.41) is 3.08. The van der Waals surface area contributed by atoms with Crippen molar-refractivity contribution < 1.29 is 13.9 Å². The van der Waals surface area contributed by atoms with Crippen molar-refractivity contribution in [3.63, 3.8) is 0 Å². The van der Waals surface area contributed by atoms with E-state index in [1.807, 2.05) is 29.3 Å². The van der Waals surface area contributed by atoms with Crippen molar-refractivity contribution >= 4 is 17.2 Å². The van der Waals surface area contributed by atoms with Crippen molar-refractivity contribution in [3.8, 4) is 0 Å². The molecule has 1 atom stereocenters. The highest BCUT2D eigenvalue weighted by Crippen LogP contribution is 2.36. The second kappa shape index (κ2) is 7.13. The number of morpholine rings is 1. The van der Waals surface area contributed by atoms with Gasteiger partial charge in [-0.1, -0.05) is 0 Å². The van der Waals surface area contributed by atoms with E-state index in [4.69, 9.17) is 9.15 Å². The number of ether oxygens (including phenoxy) is 1. The number of aromatic nitrogens is 1. The number of carbonyl (C=O) groups excluding carboxylic acids is 1. The Kier molecular flexibility index (Phi) is 4.86. The van der Waals surface area contributed by atoms with Gasteiger partial charge in [-0.15, -0.1) is 11.3 Å². The number of nitrogens with zero attached hydrogens (tertiary/aromatic N) is 3. The second-order valence-corrected chi connectivity index (χ2v) is 8.33. The zero-order chi connectivity index (χ0) is 18.1. The predicted molar refractivity (Wildman–Crippen MR) is 98.8 cm³/mol. The number of thiazole rings is 1. The van der Waals surface area contributed by atoms with Gasteiger partial charge >= 0.3 is 0 Å². The van der Waals surface area contributed by atoms with Gasteiger partial charge in [0, 0.05) is 18.5 Å². The van der Waals surface area contributed by atoms with Crippen molar-refractivity contribution in [2.75, 3.05) is 19.7 Å². The molecule has 26 heavy (non-hydrogen) atoms. The highest BCUT2D eigenvalue weighted by molar-refractivity contribution is 7.09. The second-order valence-electron chi connectivity index (χ2n) is 7.26. The van der Waals surface area contributed by atoms with Crippen molar-refractivity contribution in [1.29, 1.82) is 0 Å². The Labute approximate surface area is 157 Å². The molecule has 1 amide bonds. The van der Waals surface area contributed by atoms with Gasteiger partial charge < -0.3 is 14.1 Å². The van der Waals surface area contributed by atoms with Gasteiger partial charge in [-0.25, -0.2) is 4.98 Å². The summed E-state index contributed by atoms with van der Waals surface area (Å²) in [7, 11) is 0. The number of carbonyl (C=O) groups is 1. The fourth-order valence-corrected chi connectivity index (χ4v) is 4.67. The van der Waals surface area contributed by atoms with Gasteiger partial charge in [-0.05, 0) is 38.8 Å². The van der Waals surface area contributed by atoms with Crippen LogP contribution in [-0.2, 0) is 22.6 Å². The smallest absolute Gasteiger partial charge is 0.249 e. The first kappa shape index (κ1) is 17.7. The molecule has 0 radical (unpaired) electrons. The van der Waals surface area contributed by atoms with E-state index in [9.17, 15) is 4.79 Å². The molecule has 1 spiro atoms. The minimum atomic E-state index is -0.251. The van der Waals surface area contributed by atoms with Gasteiger partial charge in [0.15, 0.2) is 0 Å². The summed E-state index contributed by atoms with van der Waals surface area (Å²) in [6.07, 6.45) is 3.57. The molecule has 140 valence electrons. The summed E-state index contributed by atoms with van der Waals surface area (Å²) in [4.78, 5) is 21.3. The van der Waals surface area contributed by atoms with Gasteiger partial charge in [-0.2, -0.15) is 0 Å². The number of rotatable bonds is 4. The SMILES string of the molecule is Cc1nc(CN2C(=O)COC3(CCN(Cc4ccco4)CC3)[C@H]2C)cs1. The Morgan fingerprint density at radius 2 is 2.15 bits per heavy atom. The van der Waals surface area contributed by atoms with Crippen LogP contribution in [0, 0.1) is 6.92 Å². The number of hydrogen-bond donors (Lipinski definition) is 0. The van der Waals surface area contributed by atoms with Crippen LogP contribution in [-0.4, -0.2) is 52.0 Å². The molecule has 6 nitrogen and oxygen atoms in total. The van der Waals surface area contributed by atoms with Crippen LogP contribution in [0.3, 0.4) is 0 Å². The average Bonchev–Trinajstić information content (AvgIpc) is 3.29. The van der Waals surface area contributed by atoms with Crippen LogP contribution >= 0.6 is 11.3 Å². The molecule has 0 aliphatic carbocycles. The maximum Gasteiger partial charge on any atom is 0.249 e. The van der Waals surface area contributed by atoms with Gasteiger partial charge in [0.25, 0.3) is 0 Å².